The number of halogens is 1. The maximum atomic E-state index is 12.9. The van der Waals surface area contributed by atoms with E-state index in [0.717, 1.165) is 10.8 Å². The first kappa shape index (κ1) is 23.7. The average molecular weight is 440 g/mol. The van der Waals surface area contributed by atoms with Gasteiger partial charge in [0.15, 0.2) is 5.96 Å². The van der Waals surface area contributed by atoms with Gasteiger partial charge >= 0.3 is 0 Å². The van der Waals surface area contributed by atoms with Gasteiger partial charge in [0.2, 0.25) is 5.91 Å². The highest BCUT2D eigenvalue weighted by atomic mass is 35.5. The summed E-state index contributed by atoms with van der Waals surface area (Å²) >= 11 is 0. The highest BCUT2D eigenvalue weighted by molar-refractivity contribution is 6.02. The van der Waals surface area contributed by atoms with Crippen LogP contribution in [0.5, 0.6) is 0 Å². The predicted molar refractivity (Wildman–Crippen MR) is 127 cm³/mol. The molecule has 162 valence electrons. The summed E-state index contributed by atoms with van der Waals surface area (Å²) in [5.41, 5.74) is 11.9. The number of nitrogens with one attached hydrogen (secondary N) is 2. The molecule has 0 saturated carbocycles. The predicted octanol–water partition coefficient (Wildman–Crippen LogP) is 3.05. The van der Waals surface area contributed by atoms with Crippen LogP contribution in [-0.4, -0.2) is 30.4 Å². The summed E-state index contributed by atoms with van der Waals surface area (Å²) in [7, 11) is 0. The molecule has 0 aliphatic rings. The summed E-state index contributed by atoms with van der Waals surface area (Å²) in [5, 5.41) is 7.82. The number of fused-ring (bicyclic) bond motifs is 1. The summed E-state index contributed by atoms with van der Waals surface area (Å²) in [6.45, 7) is 0.378. The van der Waals surface area contributed by atoms with Crippen molar-refractivity contribution in [3.63, 3.8) is 0 Å². The number of hydrogen-bond acceptors (Lipinski definition) is 3. The van der Waals surface area contributed by atoms with Crippen LogP contribution in [0.4, 0.5) is 5.69 Å². The fraction of sp³-hybridized carbons (Fsp3) is 0.174. The maximum absolute atomic E-state index is 12.9. The lowest BCUT2D eigenvalue weighted by atomic mass is 10.1. The zero-order valence-electron chi connectivity index (χ0n) is 17.0. The van der Waals surface area contributed by atoms with Crippen molar-refractivity contribution in [3.05, 3.63) is 78.4 Å². The summed E-state index contributed by atoms with van der Waals surface area (Å²) < 4.78 is 0. The minimum absolute atomic E-state index is 0. The number of amides is 2. The second kappa shape index (κ2) is 11.6. The highest BCUT2D eigenvalue weighted by Gasteiger charge is 2.21. The van der Waals surface area contributed by atoms with Gasteiger partial charge in [-0.2, -0.15) is 0 Å². The van der Waals surface area contributed by atoms with Crippen molar-refractivity contribution in [3.8, 4) is 0 Å². The molecule has 3 rings (SSSR count). The number of benzene rings is 3. The fourth-order valence-corrected chi connectivity index (χ4v) is 3.10. The molecule has 0 heterocycles. The van der Waals surface area contributed by atoms with Gasteiger partial charge in [-0.05, 0) is 47.9 Å². The van der Waals surface area contributed by atoms with Crippen LogP contribution in [0.25, 0.3) is 10.8 Å². The Morgan fingerprint density at radius 2 is 1.58 bits per heavy atom. The Morgan fingerprint density at radius 1 is 0.903 bits per heavy atom. The molecule has 1 atom stereocenters. The van der Waals surface area contributed by atoms with E-state index in [0.29, 0.717) is 30.6 Å². The van der Waals surface area contributed by atoms with Gasteiger partial charge in [0.25, 0.3) is 5.91 Å². The molecule has 0 fully saturated rings. The molecule has 8 heteroatoms. The number of nitrogens with two attached hydrogens (primary N) is 2. The van der Waals surface area contributed by atoms with Crippen LogP contribution >= 0.6 is 12.4 Å². The van der Waals surface area contributed by atoms with E-state index in [9.17, 15) is 9.59 Å². The first-order valence-corrected chi connectivity index (χ1v) is 9.74. The minimum Gasteiger partial charge on any atom is -0.370 e. The van der Waals surface area contributed by atoms with Crippen LogP contribution in [0.2, 0.25) is 0 Å². The zero-order chi connectivity index (χ0) is 21.3. The summed E-state index contributed by atoms with van der Waals surface area (Å²) in [6.07, 6.45) is 0.942. The summed E-state index contributed by atoms with van der Waals surface area (Å²) in [6, 6.07) is 21.7. The standard InChI is InChI=1S/C23H25N5O2.ClH/c24-23(25)26-14-6-11-20(28-21(29)17-8-2-1-3-9-17)22(30)27-19-13-12-16-7-4-5-10-18(16)15-19;/h1-5,7-10,12-13,15,20H,6,11,14H2,(H,27,30)(H,28,29)(H4,24,25,26);1H/t20-;/m0./s1. The molecule has 0 saturated heterocycles. The molecule has 31 heavy (non-hydrogen) atoms. The number of nitrogens with zero attached hydrogens (tertiary/aromatic N) is 1. The van der Waals surface area contributed by atoms with E-state index in [1.165, 1.54) is 0 Å². The molecule has 6 N–H and O–H groups in total. The van der Waals surface area contributed by atoms with E-state index in [4.69, 9.17) is 11.5 Å². The number of hydrogen-bond donors (Lipinski definition) is 4. The first-order chi connectivity index (χ1) is 14.5. The SMILES string of the molecule is Cl.NC(N)=NCCC[C@H](NC(=O)c1ccccc1)C(=O)Nc1ccc2ccccc2c1. The molecule has 0 spiro atoms. The van der Waals surface area contributed by atoms with E-state index in [-0.39, 0.29) is 30.2 Å². The van der Waals surface area contributed by atoms with Gasteiger partial charge in [0.05, 0.1) is 0 Å². The maximum Gasteiger partial charge on any atom is 0.251 e. The van der Waals surface area contributed by atoms with Crippen LogP contribution in [0.15, 0.2) is 77.8 Å². The van der Waals surface area contributed by atoms with Crippen molar-refractivity contribution >= 4 is 46.6 Å². The van der Waals surface area contributed by atoms with Crippen LogP contribution in [-0.2, 0) is 4.79 Å². The van der Waals surface area contributed by atoms with E-state index in [2.05, 4.69) is 15.6 Å². The number of rotatable bonds is 8. The normalized spacial score (nSPS) is 11.1. The largest absolute Gasteiger partial charge is 0.370 e. The Labute approximate surface area is 187 Å². The van der Waals surface area contributed by atoms with Crippen molar-refractivity contribution in [1.82, 2.24) is 5.32 Å². The Morgan fingerprint density at radius 3 is 2.29 bits per heavy atom. The van der Waals surface area contributed by atoms with Crippen LogP contribution in [0.3, 0.4) is 0 Å². The Balaban J connectivity index is 0.00000341. The molecule has 0 bridgehead atoms. The smallest absolute Gasteiger partial charge is 0.251 e. The molecule has 2 amide bonds. The quantitative estimate of drug-likeness (QED) is 0.244. The fourth-order valence-electron chi connectivity index (χ4n) is 3.10. The van der Waals surface area contributed by atoms with Crippen LogP contribution in [0, 0.1) is 0 Å². The van der Waals surface area contributed by atoms with Crippen LogP contribution in [0.1, 0.15) is 23.2 Å². The van der Waals surface area contributed by atoms with Gasteiger partial charge in [-0.15, -0.1) is 12.4 Å². The van der Waals surface area contributed by atoms with Gasteiger partial charge in [-0.1, -0.05) is 48.5 Å². The third-order valence-electron chi connectivity index (χ3n) is 4.62. The zero-order valence-corrected chi connectivity index (χ0v) is 17.8. The monoisotopic (exact) mass is 439 g/mol. The van der Waals surface area contributed by atoms with Gasteiger partial charge in [-0.3, -0.25) is 14.6 Å². The second-order valence-electron chi connectivity index (χ2n) is 6.89. The summed E-state index contributed by atoms with van der Waals surface area (Å²) in [4.78, 5) is 29.4. The van der Waals surface area contributed by atoms with Crippen molar-refractivity contribution < 1.29 is 9.59 Å². The molecule has 0 aromatic heterocycles. The molecule has 0 aliphatic heterocycles. The first-order valence-electron chi connectivity index (χ1n) is 9.74. The number of guanidine groups is 1. The van der Waals surface area contributed by atoms with Crippen molar-refractivity contribution in [2.75, 3.05) is 11.9 Å². The van der Waals surface area contributed by atoms with E-state index in [1.54, 1.807) is 24.3 Å². The third kappa shape index (κ3) is 7.01. The van der Waals surface area contributed by atoms with Crippen LogP contribution < -0.4 is 22.1 Å². The minimum atomic E-state index is -0.724. The lowest BCUT2D eigenvalue weighted by molar-refractivity contribution is -0.118. The van der Waals surface area contributed by atoms with Crippen molar-refractivity contribution in [2.24, 2.45) is 16.5 Å². The lowest BCUT2D eigenvalue weighted by Gasteiger charge is -2.18. The van der Waals surface area contributed by atoms with Gasteiger partial charge in [0, 0.05) is 17.8 Å². The van der Waals surface area contributed by atoms with E-state index >= 15 is 0 Å². The molecular formula is C23H26ClN5O2. The Hall–Kier alpha value is -3.58. The number of carbonyl (C=O) groups excluding carboxylic acids is 2. The van der Waals surface area contributed by atoms with Gasteiger partial charge in [-0.25, -0.2) is 0 Å². The molecule has 0 radical (unpaired) electrons. The van der Waals surface area contributed by atoms with E-state index < -0.39 is 6.04 Å². The van der Waals surface area contributed by atoms with Crippen molar-refractivity contribution in [2.45, 2.75) is 18.9 Å². The molecule has 3 aromatic carbocycles. The molecular weight excluding hydrogens is 414 g/mol. The molecule has 7 nitrogen and oxygen atoms in total. The Kier molecular flexibility index (Phi) is 8.84. The average Bonchev–Trinajstić information content (AvgIpc) is 2.76. The Bertz CT molecular complexity index is 1050. The van der Waals surface area contributed by atoms with Crippen molar-refractivity contribution in [1.29, 1.82) is 0 Å². The lowest BCUT2D eigenvalue weighted by Crippen LogP contribution is -2.44. The molecule has 0 aliphatic carbocycles. The number of aliphatic imine (C=N–C) groups is 1. The number of carbonyl (C=O) groups is 2. The molecule has 3 aromatic rings. The summed E-state index contributed by atoms with van der Waals surface area (Å²) in [5.74, 6) is -0.601. The van der Waals surface area contributed by atoms with E-state index in [1.807, 2.05) is 48.5 Å². The third-order valence-corrected chi connectivity index (χ3v) is 4.62. The molecule has 0 unspecified atom stereocenters. The highest BCUT2D eigenvalue weighted by Crippen LogP contribution is 2.19. The topological polar surface area (TPSA) is 123 Å². The van der Waals surface area contributed by atoms with Gasteiger partial charge < -0.3 is 22.1 Å². The number of anilines is 1. The van der Waals surface area contributed by atoms with Gasteiger partial charge in [0.1, 0.15) is 6.04 Å². The second-order valence-corrected chi connectivity index (χ2v) is 6.89.